The summed E-state index contributed by atoms with van der Waals surface area (Å²) in [5.41, 5.74) is 3.36. The number of hydrogen-bond acceptors (Lipinski definition) is 6. The Morgan fingerprint density at radius 1 is 0.636 bits per heavy atom. The molecule has 6 nitrogen and oxygen atoms in total. The van der Waals surface area contributed by atoms with Gasteiger partial charge in [0.1, 0.15) is 0 Å². The molecule has 2 aromatic rings. The summed E-state index contributed by atoms with van der Waals surface area (Å²) in [7, 11) is 6.31. The number of methoxy groups -OCH3 is 4. The number of rotatable bonds is 7. The van der Waals surface area contributed by atoms with Gasteiger partial charge in [0.05, 0.1) is 11.4 Å². The van der Waals surface area contributed by atoms with E-state index in [0.717, 1.165) is 22.5 Å². The van der Waals surface area contributed by atoms with Crippen LogP contribution in [0.15, 0.2) is 36.7 Å². The van der Waals surface area contributed by atoms with Crippen LogP contribution in [0, 0.1) is 0 Å². The molecule has 0 spiro atoms. The van der Waals surface area contributed by atoms with E-state index in [2.05, 4.69) is 9.97 Å². The second-order valence-electron chi connectivity index (χ2n) is 4.55. The van der Waals surface area contributed by atoms with E-state index in [4.69, 9.17) is 18.9 Å². The molecule has 2 aromatic heterocycles. The van der Waals surface area contributed by atoms with E-state index in [9.17, 15) is 0 Å². The van der Waals surface area contributed by atoms with Crippen LogP contribution >= 0.6 is 0 Å². The zero-order chi connectivity index (χ0) is 15.9. The second kappa shape index (κ2) is 7.95. The maximum atomic E-state index is 5.17. The first-order valence-corrected chi connectivity index (χ1v) is 6.77. The topological polar surface area (TPSA) is 62.7 Å². The van der Waals surface area contributed by atoms with E-state index in [1.807, 2.05) is 24.3 Å². The summed E-state index contributed by atoms with van der Waals surface area (Å²) in [6.45, 7) is 0. The number of ether oxygens (including phenoxy) is 4. The van der Waals surface area contributed by atoms with Crippen molar-refractivity contribution < 1.29 is 18.9 Å². The number of aromatic nitrogens is 2. The van der Waals surface area contributed by atoms with Gasteiger partial charge in [0.15, 0.2) is 0 Å². The zero-order valence-corrected chi connectivity index (χ0v) is 13.1. The molecule has 0 radical (unpaired) electrons. The van der Waals surface area contributed by atoms with Crippen LogP contribution < -0.4 is 0 Å². The molecule has 0 unspecified atom stereocenters. The van der Waals surface area contributed by atoms with E-state index >= 15 is 0 Å². The van der Waals surface area contributed by atoms with E-state index < -0.39 is 12.6 Å². The summed E-state index contributed by atoms with van der Waals surface area (Å²) in [5, 5.41) is 0. The third-order valence-corrected chi connectivity index (χ3v) is 3.25. The van der Waals surface area contributed by atoms with Crippen molar-refractivity contribution in [2.45, 2.75) is 12.6 Å². The Morgan fingerprint density at radius 2 is 1.00 bits per heavy atom. The lowest BCUT2D eigenvalue weighted by Gasteiger charge is -2.14. The van der Waals surface area contributed by atoms with Gasteiger partial charge in [-0.2, -0.15) is 0 Å². The van der Waals surface area contributed by atoms with Gasteiger partial charge < -0.3 is 18.9 Å². The second-order valence-corrected chi connectivity index (χ2v) is 4.55. The van der Waals surface area contributed by atoms with Crippen molar-refractivity contribution >= 4 is 0 Å². The van der Waals surface area contributed by atoms with E-state index in [-0.39, 0.29) is 0 Å². The molecular weight excluding hydrogens is 284 g/mol. The quantitative estimate of drug-likeness (QED) is 0.733. The normalized spacial score (nSPS) is 11.4. The summed E-state index contributed by atoms with van der Waals surface area (Å²) in [6, 6.07) is 7.64. The lowest BCUT2D eigenvalue weighted by molar-refractivity contribution is -0.108. The van der Waals surface area contributed by atoms with Gasteiger partial charge in [0.2, 0.25) is 12.6 Å². The predicted molar refractivity (Wildman–Crippen MR) is 81.0 cm³/mol. The van der Waals surface area contributed by atoms with Gasteiger partial charge in [-0.1, -0.05) is 12.1 Å². The maximum absolute atomic E-state index is 5.17. The van der Waals surface area contributed by atoms with Crippen LogP contribution in [0.3, 0.4) is 0 Å². The molecule has 2 rings (SSSR count). The van der Waals surface area contributed by atoms with Gasteiger partial charge in [0, 0.05) is 52.0 Å². The highest BCUT2D eigenvalue weighted by molar-refractivity contribution is 5.61. The molecule has 0 saturated heterocycles. The summed E-state index contributed by atoms with van der Waals surface area (Å²) in [4.78, 5) is 8.72. The highest BCUT2D eigenvalue weighted by atomic mass is 16.7. The fourth-order valence-corrected chi connectivity index (χ4v) is 2.11. The number of hydrogen-bond donors (Lipinski definition) is 0. The maximum Gasteiger partial charge on any atom is 0.200 e. The zero-order valence-electron chi connectivity index (χ0n) is 13.1. The van der Waals surface area contributed by atoms with Gasteiger partial charge in [-0.25, -0.2) is 0 Å². The smallest absolute Gasteiger partial charge is 0.200 e. The molecule has 0 saturated carbocycles. The molecule has 6 heteroatoms. The SMILES string of the molecule is COC(OC)c1ccc(-c2ccc(C(OC)OC)nc2)cn1. The molecule has 0 N–H and O–H groups in total. The summed E-state index contributed by atoms with van der Waals surface area (Å²) in [6.07, 6.45) is 2.61. The van der Waals surface area contributed by atoms with Gasteiger partial charge in [0.25, 0.3) is 0 Å². The Bertz CT molecular complexity index is 510. The van der Waals surface area contributed by atoms with E-state index in [1.54, 1.807) is 40.8 Å². The van der Waals surface area contributed by atoms with Crippen LogP contribution in [-0.2, 0) is 18.9 Å². The van der Waals surface area contributed by atoms with Crippen molar-refractivity contribution in [2.24, 2.45) is 0 Å². The lowest BCUT2D eigenvalue weighted by atomic mass is 10.1. The van der Waals surface area contributed by atoms with Gasteiger partial charge >= 0.3 is 0 Å². The molecule has 2 heterocycles. The molecule has 0 amide bonds. The molecule has 0 aliphatic rings. The van der Waals surface area contributed by atoms with Crippen molar-refractivity contribution in [1.29, 1.82) is 0 Å². The molecule has 118 valence electrons. The Kier molecular flexibility index (Phi) is 5.97. The highest BCUT2D eigenvalue weighted by Crippen LogP contribution is 2.23. The van der Waals surface area contributed by atoms with Crippen LogP contribution in [0.25, 0.3) is 11.1 Å². The molecule has 0 aliphatic carbocycles. The number of nitrogens with zero attached hydrogens (tertiary/aromatic N) is 2. The summed E-state index contributed by atoms with van der Waals surface area (Å²) in [5.74, 6) is 0. The molecule has 0 aromatic carbocycles. The summed E-state index contributed by atoms with van der Waals surface area (Å²) >= 11 is 0. The third-order valence-electron chi connectivity index (χ3n) is 3.25. The molecule has 0 atom stereocenters. The minimum absolute atomic E-state index is 0.460. The van der Waals surface area contributed by atoms with Crippen LogP contribution in [0.2, 0.25) is 0 Å². The first-order chi connectivity index (χ1) is 10.7. The van der Waals surface area contributed by atoms with Crippen LogP contribution in [0.1, 0.15) is 24.0 Å². The van der Waals surface area contributed by atoms with Crippen molar-refractivity contribution in [1.82, 2.24) is 9.97 Å². The van der Waals surface area contributed by atoms with E-state index in [1.165, 1.54) is 0 Å². The Labute approximate surface area is 130 Å². The van der Waals surface area contributed by atoms with Gasteiger partial charge in [-0.15, -0.1) is 0 Å². The Hall–Kier alpha value is -1.86. The van der Waals surface area contributed by atoms with Gasteiger partial charge in [-0.3, -0.25) is 9.97 Å². The van der Waals surface area contributed by atoms with Crippen LogP contribution in [0.4, 0.5) is 0 Å². The van der Waals surface area contributed by atoms with Crippen molar-refractivity contribution in [3.8, 4) is 11.1 Å². The third kappa shape index (κ3) is 3.66. The summed E-state index contributed by atoms with van der Waals surface area (Å²) < 4.78 is 20.7. The average Bonchev–Trinajstić information content (AvgIpc) is 2.58. The number of pyridine rings is 2. The van der Waals surface area contributed by atoms with Crippen molar-refractivity contribution in [3.63, 3.8) is 0 Å². The minimum atomic E-state index is -0.460. The average molecular weight is 304 g/mol. The molecular formula is C16H20N2O4. The highest BCUT2D eigenvalue weighted by Gasteiger charge is 2.12. The lowest BCUT2D eigenvalue weighted by Crippen LogP contribution is -2.06. The van der Waals surface area contributed by atoms with Crippen molar-refractivity contribution in [3.05, 3.63) is 48.0 Å². The minimum Gasteiger partial charge on any atom is -0.350 e. The molecule has 0 bridgehead atoms. The van der Waals surface area contributed by atoms with Crippen molar-refractivity contribution in [2.75, 3.05) is 28.4 Å². The van der Waals surface area contributed by atoms with E-state index in [0.29, 0.717) is 0 Å². The molecule has 22 heavy (non-hydrogen) atoms. The first-order valence-electron chi connectivity index (χ1n) is 6.77. The molecule has 0 aliphatic heterocycles. The Morgan fingerprint density at radius 3 is 1.23 bits per heavy atom. The fourth-order valence-electron chi connectivity index (χ4n) is 2.11. The standard InChI is InChI=1S/C16H20N2O4/c1-19-15(20-2)13-7-5-11(9-17-13)12-6-8-14(18-10-12)16(21-3)22-4/h5-10,15-16H,1-4H3. The van der Waals surface area contributed by atoms with Gasteiger partial charge in [-0.05, 0) is 12.1 Å². The predicted octanol–water partition coefficient (Wildman–Crippen LogP) is 2.73. The molecule has 0 fully saturated rings. The van der Waals surface area contributed by atoms with Crippen LogP contribution in [-0.4, -0.2) is 38.4 Å². The largest absolute Gasteiger partial charge is 0.350 e. The Balaban J connectivity index is 2.18. The fraction of sp³-hybridized carbons (Fsp3) is 0.375. The first kappa shape index (κ1) is 16.5. The van der Waals surface area contributed by atoms with Crippen LogP contribution in [0.5, 0.6) is 0 Å². The monoisotopic (exact) mass is 304 g/mol.